The third-order valence-corrected chi connectivity index (χ3v) is 3.55. The minimum Gasteiger partial charge on any atom is -0.468 e. The maximum absolute atomic E-state index is 12.5. The minimum absolute atomic E-state index is 0.179. The Bertz CT molecular complexity index is 767. The lowest BCUT2D eigenvalue weighted by Gasteiger charge is -2.18. The van der Waals surface area contributed by atoms with Crippen LogP contribution in [0.15, 0.2) is 18.2 Å². The van der Waals surface area contributed by atoms with E-state index in [1.807, 2.05) is 26.0 Å². The zero-order chi connectivity index (χ0) is 16.4. The van der Waals surface area contributed by atoms with E-state index in [1.165, 1.54) is 7.11 Å². The van der Waals surface area contributed by atoms with E-state index in [2.05, 4.69) is 9.72 Å². The molecule has 0 saturated carbocycles. The number of fused-ring (bicyclic) bond motifs is 1. The van der Waals surface area contributed by atoms with Gasteiger partial charge in [0.15, 0.2) is 5.11 Å². The van der Waals surface area contributed by atoms with Crippen molar-refractivity contribution in [3.8, 4) is 0 Å². The quantitative estimate of drug-likeness (QED) is 0.663. The lowest BCUT2D eigenvalue weighted by Crippen LogP contribution is -2.44. The number of hydrogen-bond donors (Lipinski definition) is 2. The Morgan fingerprint density at radius 3 is 2.59 bits per heavy atom. The van der Waals surface area contributed by atoms with Gasteiger partial charge in [-0.05, 0) is 43.8 Å². The Balaban J connectivity index is 2.40. The van der Waals surface area contributed by atoms with Crippen molar-refractivity contribution in [1.29, 1.82) is 0 Å². The summed E-state index contributed by atoms with van der Waals surface area (Å²) in [7, 11) is 1.24. The lowest BCUT2D eigenvalue weighted by atomic mass is 10.1. The van der Waals surface area contributed by atoms with Gasteiger partial charge >= 0.3 is 5.97 Å². The van der Waals surface area contributed by atoms with E-state index < -0.39 is 11.9 Å². The summed E-state index contributed by atoms with van der Waals surface area (Å²) in [5.41, 5.74) is 8.86. The number of aromatic amines is 1. The van der Waals surface area contributed by atoms with Gasteiger partial charge in [-0.15, -0.1) is 0 Å². The molecule has 0 aliphatic heterocycles. The van der Waals surface area contributed by atoms with Crippen LogP contribution in [0.4, 0.5) is 0 Å². The molecule has 0 fully saturated rings. The molecule has 0 atom stereocenters. The number of esters is 1. The number of carbonyl (C=O) groups is 2. The molecular formula is C15H17N3O3S. The molecule has 3 N–H and O–H groups in total. The van der Waals surface area contributed by atoms with Crippen LogP contribution in [-0.2, 0) is 9.53 Å². The highest BCUT2D eigenvalue weighted by atomic mass is 32.1. The number of H-pyrrole nitrogens is 1. The van der Waals surface area contributed by atoms with Gasteiger partial charge in [-0.3, -0.25) is 14.5 Å². The van der Waals surface area contributed by atoms with Crippen LogP contribution in [0, 0.1) is 13.8 Å². The molecule has 2 rings (SSSR count). The predicted molar refractivity (Wildman–Crippen MR) is 87.6 cm³/mol. The van der Waals surface area contributed by atoms with Crippen molar-refractivity contribution in [3.05, 3.63) is 35.0 Å². The van der Waals surface area contributed by atoms with Crippen molar-refractivity contribution in [2.24, 2.45) is 5.73 Å². The second-order valence-electron chi connectivity index (χ2n) is 5.03. The molecular weight excluding hydrogens is 302 g/mol. The van der Waals surface area contributed by atoms with Gasteiger partial charge in [-0.25, -0.2) is 0 Å². The number of carbonyl (C=O) groups excluding carboxylic acids is 2. The first-order chi connectivity index (χ1) is 10.3. The molecule has 1 amide bonds. The third-order valence-electron chi connectivity index (χ3n) is 3.33. The summed E-state index contributed by atoms with van der Waals surface area (Å²) in [6.45, 7) is 3.62. The topological polar surface area (TPSA) is 88.4 Å². The number of thiocarbonyl (C=S) groups is 1. The van der Waals surface area contributed by atoms with E-state index >= 15 is 0 Å². The summed E-state index contributed by atoms with van der Waals surface area (Å²) < 4.78 is 4.55. The number of hydrogen-bond acceptors (Lipinski definition) is 4. The van der Waals surface area contributed by atoms with E-state index in [9.17, 15) is 9.59 Å². The van der Waals surface area contributed by atoms with Crippen molar-refractivity contribution < 1.29 is 14.3 Å². The third kappa shape index (κ3) is 3.09. The summed E-state index contributed by atoms with van der Waals surface area (Å²) in [6, 6.07) is 5.72. The summed E-state index contributed by atoms with van der Waals surface area (Å²) in [6.07, 6.45) is 0. The number of methoxy groups -OCH3 is 1. The molecule has 1 heterocycles. The highest BCUT2D eigenvalue weighted by molar-refractivity contribution is 7.80. The lowest BCUT2D eigenvalue weighted by molar-refractivity contribution is -0.140. The average Bonchev–Trinajstić information content (AvgIpc) is 2.87. The summed E-state index contributed by atoms with van der Waals surface area (Å²) in [4.78, 5) is 28.0. The number of ether oxygens (including phenoxy) is 1. The first kappa shape index (κ1) is 16.0. The van der Waals surface area contributed by atoms with Crippen molar-refractivity contribution in [2.45, 2.75) is 13.8 Å². The zero-order valence-electron chi connectivity index (χ0n) is 12.6. The van der Waals surface area contributed by atoms with Gasteiger partial charge in [0.25, 0.3) is 5.91 Å². The summed E-state index contributed by atoms with van der Waals surface area (Å²) in [5, 5.41) is 0.740. The SMILES string of the molecule is COC(=O)CN(C(=O)c1cc2cc(C)cc(C)c2[nH]1)C(N)=S. The van der Waals surface area contributed by atoms with Gasteiger partial charge in [0.1, 0.15) is 12.2 Å². The Kier molecular flexibility index (Phi) is 4.46. The standard InChI is InChI=1S/C15H17N3O3S/c1-8-4-9(2)13-10(5-8)6-11(17-13)14(20)18(15(16)22)7-12(19)21-3/h4-6,17H,7H2,1-3H3,(H2,16,22). The summed E-state index contributed by atoms with van der Waals surface area (Å²) >= 11 is 4.85. The van der Waals surface area contributed by atoms with E-state index in [1.54, 1.807) is 6.07 Å². The maximum Gasteiger partial charge on any atom is 0.325 e. The molecule has 6 nitrogen and oxygen atoms in total. The van der Waals surface area contributed by atoms with Crippen molar-refractivity contribution in [3.63, 3.8) is 0 Å². The van der Waals surface area contributed by atoms with Crippen molar-refractivity contribution in [2.75, 3.05) is 13.7 Å². The zero-order valence-corrected chi connectivity index (χ0v) is 13.4. The van der Waals surface area contributed by atoms with Crippen LogP contribution in [0.5, 0.6) is 0 Å². The second-order valence-corrected chi connectivity index (χ2v) is 5.45. The second kappa shape index (κ2) is 6.15. The monoisotopic (exact) mass is 319 g/mol. The Morgan fingerprint density at radius 2 is 2.00 bits per heavy atom. The van der Waals surface area contributed by atoms with Gasteiger partial charge in [0.05, 0.1) is 7.11 Å². The molecule has 1 aromatic heterocycles. The van der Waals surface area contributed by atoms with E-state index in [4.69, 9.17) is 18.0 Å². The minimum atomic E-state index is -0.593. The molecule has 116 valence electrons. The number of nitrogens with two attached hydrogens (primary N) is 1. The summed E-state index contributed by atoms with van der Waals surface area (Å²) in [5.74, 6) is -1.06. The fourth-order valence-electron chi connectivity index (χ4n) is 2.32. The number of nitrogens with one attached hydrogen (secondary N) is 1. The van der Waals surface area contributed by atoms with E-state index in [-0.39, 0.29) is 11.7 Å². The Hall–Kier alpha value is -2.41. The molecule has 7 heteroatoms. The van der Waals surface area contributed by atoms with Crippen molar-refractivity contribution in [1.82, 2.24) is 9.88 Å². The first-order valence-corrected chi connectivity index (χ1v) is 7.02. The molecule has 0 spiro atoms. The van der Waals surface area contributed by atoms with Gasteiger partial charge in [-0.1, -0.05) is 11.6 Å². The van der Waals surface area contributed by atoms with Crippen LogP contribution in [-0.4, -0.2) is 40.5 Å². The molecule has 0 aliphatic carbocycles. The largest absolute Gasteiger partial charge is 0.468 e. The molecule has 0 aliphatic rings. The highest BCUT2D eigenvalue weighted by Gasteiger charge is 2.23. The molecule has 0 saturated heterocycles. The van der Waals surface area contributed by atoms with E-state index in [0.717, 1.165) is 26.9 Å². The molecule has 2 aromatic rings. The van der Waals surface area contributed by atoms with Crippen molar-refractivity contribution >= 4 is 40.1 Å². The van der Waals surface area contributed by atoms with Gasteiger partial charge in [0, 0.05) is 10.9 Å². The first-order valence-electron chi connectivity index (χ1n) is 6.61. The molecule has 22 heavy (non-hydrogen) atoms. The fraction of sp³-hybridized carbons (Fsp3) is 0.267. The van der Waals surface area contributed by atoms with Gasteiger partial charge < -0.3 is 15.5 Å². The molecule has 1 aromatic carbocycles. The normalized spacial score (nSPS) is 10.5. The number of aromatic nitrogens is 1. The van der Waals surface area contributed by atoms with Gasteiger partial charge in [0.2, 0.25) is 0 Å². The Morgan fingerprint density at radius 1 is 1.32 bits per heavy atom. The Labute approximate surface area is 133 Å². The molecule has 0 bridgehead atoms. The number of amides is 1. The smallest absolute Gasteiger partial charge is 0.325 e. The molecule has 0 unspecified atom stereocenters. The maximum atomic E-state index is 12.5. The predicted octanol–water partition coefficient (Wildman–Crippen LogP) is 1.64. The number of nitrogens with zero attached hydrogens (tertiary/aromatic N) is 1. The number of aryl methyl sites for hydroxylation is 2. The van der Waals surface area contributed by atoms with Crippen LogP contribution in [0.25, 0.3) is 10.9 Å². The fourth-order valence-corrected chi connectivity index (χ4v) is 2.46. The number of benzene rings is 1. The van der Waals surface area contributed by atoms with E-state index in [0.29, 0.717) is 5.69 Å². The van der Waals surface area contributed by atoms with Crippen LogP contribution in [0.3, 0.4) is 0 Å². The van der Waals surface area contributed by atoms with Crippen LogP contribution in [0.1, 0.15) is 21.6 Å². The van der Waals surface area contributed by atoms with Crippen LogP contribution < -0.4 is 5.73 Å². The number of rotatable bonds is 3. The van der Waals surface area contributed by atoms with Crippen LogP contribution >= 0.6 is 12.2 Å². The molecule has 0 radical (unpaired) electrons. The van der Waals surface area contributed by atoms with Gasteiger partial charge in [-0.2, -0.15) is 0 Å². The van der Waals surface area contributed by atoms with Crippen LogP contribution in [0.2, 0.25) is 0 Å². The highest BCUT2D eigenvalue weighted by Crippen LogP contribution is 2.22. The average molecular weight is 319 g/mol.